The summed E-state index contributed by atoms with van der Waals surface area (Å²) >= 11 is 0. The topological polar surface area (TPSA) is 75.2 Å². The van der Waals surface area contributed by atoms with Crippen LogP contribution in [0.4, 0.5) is 4.39 Å². The Morgan fingerprint density at radius 3 is 2.61 bits per heavy atom. The molecule has 0 fully saturated rings. The first-order chi connectivity index (χ1) is 8.61. The maximum atomic E-state index is 12.8. The number of methoxy groups -OCH3 is 1. The summed E-state index contributed by atoms with van der Waals surface area (Å²) in [7, 11) is 1.45. The highest BCUT2D eigenvalue weighted by Crippen LogP contribution is 2.23. The number of H-pyrrole nitrogens is 1. The Bertz CT molecular complexity index is 608. The van der Waals surface area contributed by atoms with E-state index in [9.17, 15) is 14.3 Å². The van der Waals surface area contributed by atoms with Crippen LogP contribution in [0.25, 0.3) is 11.1 Å². The van der Waals surface area contributed by atoms with Crippen molar-refractivity contribution in [2.75, 3.05) is 7.11 Å². The summed E-state index contributed by atoms with van der Waals surface area (Å²) < 4.78 is 17.6. The molecule has 0 spiro atoms. The summed E-state index contributed by atoms with van der Waals surface area (Å²) in [6.45, 7) is 0.0898. The lowest BCUT2D eigenvalue weighted by Gasteiger charge is -2.05. The van der Waals surface area contributed by atoms with Crippen LogP contribution in [0, 0.1) is 5.82 Å². The largest absolute Gasteiger partial charge is 0.493 e. The van der Waals surface area contributed by atoms with Gasteiger partial charge >= 0.3 is 0 Å². The zero-order valence-corrected chi connectivity index (χ0v) is 9.61. The monoisotopic (exact) mass is 250 g/mol. The van der Waals surface area contributed by atoms with Gasteiger partial charge in [0.25, 0.3) is 5.56 Å². The molecule has 1 heterocycles. The average Bonchev–Trinajstić information content (AvgIpc) is 2.31. The van der Waals surface area contributed by atoms with E-state index in [1.807, 2.05) is 0 Å². The summed E-state index contributed by atoms with van der Waals surface area (Å²) in [6, 6.07) is 5.21. The number of nitrogens with one attached hydrogen (secondary N) is 1. The molecule has 2 aromatic rings. The third-order valence-electron chi connectivity index (χ3n) is 2.36. The summed E-state index contributed by atoms with van der Waals surface area (Å²) in [5.41, 5.74) is -0.0948. The van der Waals surface area contributed by atoms with E-state index in [1.165, 1.54) is 31.4 Å². The van der Waals surface area contributed by atoms with E-state index in [2.05, 4.69) is 9.97 Å². The first-order valence-corrected chi connectivity index (χ1v) is 5.19. The molecule has 0 bridgehead atoms. The molecule has 0 unspecified atom stereocenters. The first-order valence-electron chi connectivity index (χ1n) is 5.19. The second-order valence-corrected chi connectivity index (χ2v) is 3.65. The van der Waals surface area contributed by atoms with E-state index < -0.39 is 17.3 Å². The van der Waals surface area contributed by atoms with Crippen LogP contribution in [0.2, 0.25) is 0 Å². The number of ether oxygens (including phenoxy) is 1. The molecule has 2 rings (SSSR count). The number of aromatic amines is 1. The Morgan fingerprint density at radius 2 is 2.06 bits per heavy atom. The fourth-order valence-corrected chi connectivity index (χ4v) is 1.59. The lowest BCUT2D eigenvalue weighted by molar-refractivity contribution is 0.176. The van der Waals surface area contributed by atoms with Crippen LogP contribution in [0.3, 0.4) is 0 Å². The molecule has 0 aliphatic carbocycles. The number of nitrogens with zero attached hydrogens (tertiary/aromatic N) is 1. The van der Waals surface area contributed by atoms with Crippen molar-refractivity contribution in [3.05, 3.63) is 46.3 Å². The van der Waals surface area contributed by atoms with Gasteiger partial charge in [0.1, 0.15) is 23.8 Å². The van der Waals surface area contributed by atoms with Crippen molar-refractivity contribution in [1.82, 2.24) is 9.97 Å². The number of hydrogen-bond acceptors (Lipinski definition) is 4. The standard InChI is InChI=1S/C12H11FN2O3/c1-18-6-9-14-11(16)10(12(17)15-9)7-2-4-8(13)5-3-7/h2-5H,6H2,1H3,(H2,14,15,16,17). The number of aromatic hydroxyl groups is 1. The van der Waals surface area contributed by atoms with Crippen molar-refractivity contribution in [3.8, 4) is 17.0 Å². The van der Waals surface area contributed by atoms with E-state index >= 15 is 0 Å². The molecule has 0 atom stereocenters. The van der Waals surface area contributed by atoms with Gasteiger partial charge in [-0.2, -0.15) is 4.98 Å². The molecule has 1 aromatic heterocycles. The van der Waals surface area contributed by atoms with Crippen LogP contribution in [-0.4, -0.2) is 22.2 Å². The Labute approximate surface area is 102 Å². The van der Waals surface area contributed by atoms with Gasteiger partial charge in [0.2, 0.25) is 5.88 Å². The van der Waals surface area contributed by atoms with Crippen LogP contribution in [0.1, 0.15) is 5.82 Å². The van der Waals surface area contributed by atoms with Crippen molar-refractivity contribution < 1.29 is 14.2 Å². The lowest BCUT2D eigenvalue weighted by Crippen LogP contribution is -2.14. The first kappa shape index (κ1) is 12.3. The fraction of sp³-hybridized carbons (Fsp3) is 0.167. The Kier molecular flexibility index (Phi) is 3.38. The quantitative estimate of drug-likeness (QED) is 0.864. The second-order valence-electron chi connectivity index (χ2n) is 3.65. The second kappa shape index (κ2) is 4.97. The fourth-order valence-electron chi connectivity index (χ4n) is 1.59. The summed E-state index contributed by atoms with van der Waals surface area (Å²) in [6.07, 6.45) is 0. The zero-order valence-electron chi connectivity index (χ0n) is 9.61. The van der Waals surface area contributed by atoms with Gasteiger partial charge in [-0.3, -0.25) is 4.79 Å². The molecule has 1 aromatic carbocycles. The van der Waals surface area contributed by atoms with Crippen molar-refractivity contribution in [2.24, 2.45) is 0 Å². The molecule has 94 valence electrons. The predicted octanol–water partition coefficient (Wildman–Crippen LogP) is 1.43. The van der Waals surface area contributed by atoms with Gasteiger partial charge in [-0.05, 0) is 17.7 Å². The van der Waals surface area contributed by atoms with Gasteiger partial charge in [-0.15, -0.1) is 0 Å². The van der Waals surface area contributed by atoms with Crippen molar-refractivity contribution in [3.63, 3.8) is 0 Å². The van der Waals surface area contributed by atoms with Gasteiger partial charge in [0, 0.05) is 7.11 Å². The average molecular weight is 250 g/mol. The Hall–Kier alpha value is -2.21. The highest BCUT2D eigenvalue weighted by molar-refractivity contribution is 5.66. The Morgan fingerprint density at radius 1 is 1.39 bits per heavy atom. The number of aromatic nitrogens is 2. The molecule has 0 amide bonds. The number of rotatable bonds is 3. The third kappa shape index (κ3) is 2.38. The van der Waals surface area contributed by atoms with Gasteiger partial charge in [-0.1, -0.05) is 12.1 Å². The SMILES string of the molecule is COCc1nc(O)c(-c2ccc(F)cc2)c(=O)[nH]1. The molecule has 0 radical (unpaired) electrons. The molecule has 18 heavy (non-hydrogen) atoms. The van der Waals surface area contributed by atoms with Gasteiger partial charge in [0.15, 0.2) is 0 Å². The zero-order chi connectivity index (χ0) is 13.1. The van der Waals surface area contributed by atoms with E-state index in [-0.39, 0.29) is 18.0 Å². The third-order valence-corrected chi connectivity index (χ3v) is 2.36. The minimum Gasteiger partial charge on any atom is -0.493 e. The summed E-state index contributed by atoms with van der Waals surface area (Å²) in [4.78, 5) is 18.1. The smallest absolute Gasteiger partial charge is 0.262 e. The normalized spacial score (nSPS) is 10.6. The summed E-state index contributed by atoms with van der Waals surface area (Å²) in [5, 5.41) is 9.74. The van der Waals surface area contributed by atoms with Crippen LogP contribution in [0.15, 0.2) is 29.1 Å². The minimum absolute atomic E-state index is 0.00912. The molecule has 2 N–H and O–H groups in total. The molecule has 0 saturated heterocycles. The van der Waals surface area contributed by atoms with E-state index in [0.717, 1.165) is 0 Å². The Balaban J connectivity index is 2.52. The lowest BCUT2D eigenvalue weighted by atomic mass is 10.1. The molecule has 0 aliphatic rings. The van der Waals surface area contributed by atoms with Crippen LogP contribution in [0.5, 0.6) is 5.88 Å². The van der Waals surface area contributed by atoms with Gasteiger partial charge < -0.3 is 14.8 Å². The van der Waals surface area contributed by atoms with E-state index in [4.69, 9.17) is 4.74 Å². The van der Waals surface area contributed by atoms with E-state index in [1.54, 1.807) is 0 Å². The maximum Gasteiger partial charge on any atom is 0.262 e. The molecular weight excluding hydrogens is 239 g/mol. The number of hydrogen-bond donors (Lipinski definition) is 2. The van der Waals surface area contributed by atoms with Crippen molar-refractivity contribution >= 4 is 0 Å². The predicted molar refractivity (Wildman–Crippen MR) is 62.6 cm³/mol. The highest BCUT2D eigenvalue weighted by atomic mass is 19.1. The molecule has 5 nitrogen and oxygen atoms in total. The highest BCUT2D eigenvalue weighted by Gasteiger charge is 2.12. The molecule has 0 aliphatic heterocycles. The van der Waals surface area contributed by atoms with E-state index in [0.29, 0.717) is 5.56 Å². The maximum absolute atomic E-state index is 12.8. The molecular formula is C12H11FN2O3. The summed E-state index contributed by atoms with van der Waals surface area (Å²) in [5.74, 6) is -0.595. The van der Waals surface area contributed by atoms with Crippen LogP contribution < -0.4 is 5.56 Å². The number of halogens is 1. The minimum atomic E-state index is -0.499. The van der Waals surface area contributed by atoms with Crippen LogP contribution >= 0.6 is 0 Å². The number of benzene rings is 1. The van der Waals surface area contributed by atoms with Gasteiger partial charge in [0.05, 0.1) is 0 Å². The van der Waals surface area contributed by atoms with Crippen LogP contribution in [-0.2, 0) is 11.3 Å². The van der Waals surface area contributed by atoms with Crippen molar-refractivity contribution in [1.29, 1.82) is 0 Å². The van der Waals surface area contributed by atoms with Crippen molar-refractivity contribution in [2.45, 2.75) is 6.61 Å². The molecule has 0 saturated carbocycles. The molecule has 6 heteroatoms. The van der Waals surface area contributed by atoms with Gasteiger partial charge in [-0.25, -0.2) is 4.39 Å².